The van der Waals surface area contributed by atoms with Gasteiger partial charge in [-0.05, 0) is 17.7 Å². The Balaban J connectivity index is 1.97. The van der Waals surface area contributed by atoms with Crippen molar-refractivity contribution in [1.29, 1.82) is 0 Å². The SMILES string of the molecule is O=C(Nc1c(Cl)cccc1Cl)C1(c2ccccc2)CC1(Cl)Cl. The fourth-order valence-electron chi connectivity index (χ4n) is 2.54. The monoisotopic (exact) mass is 373 g/mol. The van der Waals surface area contributed by atoms with Gasteiger partial charge in [0.25, 0.3) is 0 Å². The molecule has 1 atom stereocenters. The minimum Gasteiger partial charge on any atom is -0.323 e. The topological polar surface area (TPSA) is 29.1 Å². The van der Waals surface area contributed by atoms with Crippen LogP contribution in [-0.4, -0.2) is 10.2 Å². The number of hydrogen-bond acceptors (Lipinski definition) is 1. The molecule has 0 radical (unpaired) electrons. The second-order valence-corrected chi connectivity index (χ2v) is 7.50. The second kappa shape index (κ2) is 5.61. The molecule has 6 heteroatoms. The van der Waals surface area contributed by atoms with Crippen LogP contribution in [0.25, 0.3) is 0 Å². The third kappa shape index (κ3) is 2.48. The van der Waals surface area contributed by atoms with Gasteiger partial charge in [0, 0.05) is 6.42 Å². The minimum atomic E-state index is -1.15. The van der Waals surface area contributed by atoms with E-state index in [1.807, 2.05) is 30.3 Å². The zero-order valence-electron chi connectivity index (χ0n) is 11.2. The van der Waals surface area contributed by atoms with Gasteiger partial charge in [-0.3, -0.25) is 4.79 Å². The number of alkyl halides is 2. The molecule has 0 saturated heterocycles. The molecule has 114 valence electrons. The molecule has 2 nitrogen and oxygen atoms in total. The third-order valence-electron chi connectivity index (χ3n) is 3.84. The molecule has 1 N–H and O–H groups in total. The molecule has 0 heterocycles. The van der Waals surface area contributed by atoms with E-state index in [0.29, 0.717) is 22.2 Å². The molecule has 1 fully saturated rings. The van der Waals surface area contributed by atoms with Crippen LogP contribution in [0.5, 0.6) is 0 Å². The zero-order chi connectivity index (χ0) is 16.0. The highest BCUT2D eigenvalue weighted by atomic mass is 35.5. The number of rotatable bonds is 3. The van der Waals surface area contributed by atoms with Crippen LogP contribution in [0.3, 0.4) is 0 Å². The van der Waals surface area contributed by atoms with Gasteiger partial charge in [-0.25, -0.2) is 0 Å². The smallest absolute Gasteiger partial charge is 0.238 e. The first-order valence-electron chi connectivity index (χ1n) is 6.57. The van der Waals surface area contributed by atoms with Crippen LogP contribution in [0.1, 0.15) is 12.0 Å². The van der Waals surface area contributed by atoms with E-state index in [2.05, 4.69) is 5.32 Å². The van der Waals surface area contributed by atoms with Gasteiger partial charge in [-0.1, -0.05) is 59.6 Å². The predicted octanol–water partition coefficient (Wildman–Crippen LogP) is 5.45. The molecule has 1 unspecified atom stereocenters. The number of amides is 1. The molecule has 3 rings (SSSR count). The van der Waals surface area contributed by atoms with Crippen LogP contribution in [-0.2, 0) is 10.2 Å². The molecule has 0 aromatic heterocycles. The summed E-state index contributed by atoms with van der Waals surface area (Å²) in [5, 5.41) is 3.48. The fraction of sp³-hybridized carbons (Fsp3) is 0.188. The molecule has 0 spiro atoms. The first-order valence-corrected chi connectivity index (χ1v) is 8.08. The average molecular weight is 375 g/mol. The van der Waals surface area contributed by atoms with Crippen LogP contribution < -0.4 is 5.32 Å². The molecular formula is C16H11Cl4NO. The van der Waals surface area contributed by atoms with Crippen LogP contribution >= 0.6 is 46.4 Å². The van der Waals surface area contributed by atoms with Gasteiger partial charge < -0.3 is 5.32 Å². The minimum absolute atomic E-state index is 0.321. The Kier molecular flexibility index (Phi) is 4.07. The first-order chi connectivity index (χ1) is 10.4. The van der Waals surface area contributed by atoms with Crippen LogP contribution in [0.2, 0.25) is 10.0 Å². The summed E-state index contributed by atoms with van der Waals surface area (Å²) in [6, 6.07) is 14.2. The normalized spacial score (nSPS) is 22.2. The Morgan fingerprint density at radius 1 is 0.955 bits per heavy atom. The van der Waals surface area contributed by atoms with E-state index in [-0.39, 0.29) is 5.91 Å². The zero-order valence-corrected chi connectivity index (χ0v) is 14.3. The van der Waals surface area contributed by atoms with Gasteiger partial charge in [0.1, 0.15) is 9.75 Å². The van der Waals surface area contributed by atoms with Crippen molar-refractivity contribution >= 4 is 58.0 Å². The Morgan fingerprint density at radius 3 is 2.00 bits per heavy atom. The lowest BCUT2D eigenvalue weighted by Gasteiger charge is -2.19. The number of halogens is 4. The maximum absolute atomic E-state index is 12.8. The lowest BCUT2D eigenvalue weighted by Crippen LogP contribution is -2.32. The molecule has 2 aromatic rings. The summed E-state index contributed by atoms with van der Waals surface area (Å²) >= 11 is 24.7. The number of benzene rings is 2. The largest absolute Gasteiger partial charge is 0.323 e. The van der Waals surface area contributed by atoms with E-state index in [0.717, 1.165) is 5.56 Å². The number of nitrogens with one attached hydrogen (secondary N) is 1. The van der Waals surface area contributed by atoms with E-state index in [4.69, 9.17) is 46.4 Å². The average Bonchev–Trinajstić information content (AvgIpc) is 3.08. The number of carbonyl (C=O) groups is 1. The standard InChI is InChI=1S/C16H11Cl4NO/c17-11-7-4-8-12(18)13(11)21-14(22)15(9-16(15,19)20)10-5-2-1-3-6-10/h1-8H,9H2,(H,21,22). The number of para-hydroxylation sites is 1. The van der Waals surface area contributed by atoms with Crippen molar-refractivity contribution in [2.45, 2.75) is 16.2 Å². The van der Waals surface area contributed by atoms with Gasteiger partial charge in [0.05, 0.1) is 15.7 Å². The van der Waals surface area contributed by atoms with E-state index >= 15 is 0 Å². The maximum atomic E-state index is 12.8. The van der Waals surface area contributed by atoms with Crippen LogP contribution in [0.15, 0.2) is 48.5 Å². The Labute approximate surface area is 148 Å². The molecule has 2 aromatic carbocycles. The molecule has 1 aliphatic rings. The lowest BCUT2D eigenvalue weighted by atomic mass is 9.94. The summed E-state index contributed by atoms with van der Waals surface area (Å²) in [6.07, 6.45) is 0.334. The molecule has 22 heavy (non-hydrogen) atoms. The highest BCUT2D eigenvalue weighted by Crippen LogP contribution is 2.65. The van der Waals surface area contributed by atoms with Crippen LogP contribution in [0, 0.1) is 0 Å². The third-order valence-corrected chi connectivity index (χ3v) is 5.38. The molecule has 1 aliphatic carbocycles. The fourth-order valence-corrected chi connectivity index (χ4v) is 3.82. The summed E-state index contributed by atoms with van der Waals surface area (Å²) in [4.78, 5) is 12.8. The molecule has 1 amide bonds. The summed E-state index contributed by atoms with van der Waals surface area (Å²) in [6.45, 7) is 0. The molecule has 0 bridgehead atoms. The van der Waals surface area contributed by atoms with E-state index < -0.39 is 9.75 Å². The van der Waals surface area contributed by atoms with Crippen molar-refractivity contribution in [1.82, 2.24) is 0 Å². The highest BCUT2D eigenvalue weighted by Gasteiger charge is 2.72. The number of carbonyl (C=O) groups excluding carboxylic acids is 1. The van der Waals surface area contributed by atoms with Crippen molar-refractivity contribution in [3.63, 3.8) is 0 Å². The van der Waals surface area contributed by atoms with E-state index in [9.17, 15) is 4.79 Å². The Bertz CT molecular complexity index is 712. The summed E-state index contributed by atoms with van der Waals surface area (Å²) < 4.78 is -1.15. The molecule has 0 aliphatic heterocycles. The van der Waals surface area contributed by atoms with Gasteiger partial charge in [0.15, 0.2) is 0 Å². The van der Waals surface area contributed by atoms with Crippen molar-refractivity contribution in [3.05, 3.63) is 64.1 Å². The van der Waals surface area contributed by atoms with Crippen molar-refractivity contribution in [2.24, 2.45) is 0 Å². The molecule has 1 saturated carbocycles. The number of anilines is 1. The van der Waals surface area contributed by atoms with Crippen molar-refractivity contribution in [2.75, 3.05) is 5.32 Å². The number of hydrogen-bond donors (Lipinski definition) is 1. The van der Waals surface area contributed by atoms with E-state index in [1.165, 1.54) is 0 Å². The van der Waals surface area contributed by atoms with Crippen molar-refractivity contribution < 1.29 is 4.79 Å². The van der Waals surface area contributed by atoms with Gasteiger partial charge >= 0.3 is 0 Å². The Morgan fingerprint density at radius 2 is 1.50 bits per heavy atom. The van der Waals surface area contributed by atoms with Crippen molar-refractivity contribution in [3.8, 4) is 0 Å². The lowest BCUT2D eigenvalue weighted by molar-refractivity contribution is -0.118. The predicted molar refractivity (Wildman–Crippen MR) is 92.3 cm³/mol. The van der Waals surface area contributed by atoms with Gasteiger partial charge in [-0.2, -0.15) is 0 Å². The molecular weight excluding hydrogens is 364 g/mol. The summed E-state index contributed by atoms with van der Waals surface area (Å²) in [5.41, 5.74) is 0.128. The first kappa shape index (κ1) is 15.9. The maximum Gasteiger partial charge on any atom is 0.238 e. The second-order valence-electron chi connectivity index (χ2n) is 5.20. The van der Waals surface area contributed by atoms with Crippen LogP contribution in [0.4, 0.5) is 5.69 Å². The quantitative estimate of drug-likeness (QED) is 0.711. The highest BCUT2D eigenvalue weighted by molar-refractivity contribution is 6.54. The van der Waals surface area contributed by atoms with E-state index in [1.54, 1.807) is 18.2 Å². The summed E-state index contributed by atoms with van der Waals surface area (Å²) in [7, 11) is 0. The van der Waals surface area contributed by atoms with Gasteiger partial charge in [0.2, 0.25) is 5.91 Å². The van der Waals surface area contributed by atoms with Gasteiger partial charge in [-0.15, -0.1) is 23.2 Å². The summed E-state index contributed by atoms with van der Waals surface area (Å²) in [5.74, 6) is -0.321. The Hall–Kier alpha value is -0.930.